The molecule has 1 aromatic carbocycles. The van der Waals surface area contributed by atoms with Gasteiger partial charge in [-0.15, -0.1) is 0 Å². The summed E-state index contributed by atoms with van der Waals surface area (Å²) >= 11 is 0. The normalized spacial score (nSPS) is 16.0. The molecule has 3 nitrogen and oxygen atoms in total. The highest BCUT2D eigenvalue weighted by molar-refractivity contribution is 7.83. The Balaban J connectivity index is 2.55. The van der Waals surface area contributed by atoms with Gasteiger partial charge in [-0.1, -0.05) is 12.1 Å². The molecule has 0 saturated carbocycles. The SMILES string of the molecule is CC(C[C@@H](c1ccc(C(F)(F)F)cc1)c1ncccc1C(F)(F)F)S(N)=O. The molecule has 10 heteroatoms. The average Bonchev–Trinajstić information content (AvgIpc) is 2.58. The van der Waals surface area contributed by atoms with Gasteiger partial charge in [0.2, 0.25) is 0 Å². The van der Waals surface area contributed by atoms with Crippen LogP contribution < -0.4 is 5.14 Å². The van der Waals surface area contributed by atoms with Crippen LogP contribution in [0.1, 0.15) is 41.6 Å². The third-order valence-corrected chi connectivity index (χ3v) is 5.06. The molecule has 2 N–H and O–H groups in total. The van der Waals surface area contributed by atoms with Gasteiger partial charge in [0.15, 0.2) is 0 Å². The summed E-state index contributed by atoms with van der Waals surface area (Å²) in [6.45, 7) is 1.49. The van der Waals surface area contributed by atoms with Gasteiger partial charge < -0.3 is 0 Å². The van der Waals surface area contributed by atoms with Crippen molar-refractivity contribution in [3.63, 3.8) is 0 Å². The summed E-state index contributed by atoms with van der Waals surface area (Å²) in [5.41, 5.74) is -2.06. The molecule has 0 aliphatic rings. The van der Waals surface area contributed by atoms with Gasteiger partial charge in [0.25, 0.3) is 0 Å². The molecule has 0 saturated heterocycles. The van der Waals surface area contributed by atoms with E-state index >= 15 is 0 Å². The van der Waals surface area contributed by atoms with E-state index in [-0.39, 0.29) is 17.7 Å². The molecule has 148 valence electrons. The zero-order valence-electron chi connectivity index (χ0n) is 14.0. The predicted molar refractivity (Wildman–Crippen MR) is 88.9 cm³/mol. The molecule has 2 rings (SSSR count). The van der Waals surface area contributed by atoms with Gasteiger partial charge in [0.05, 0.1) is 27.8 Å². The minimum absolute atomic E-state index is 0.0748. The maximum atomic E-state index is 13.4. The lowest BCUT2D eigenvalue weighted by Crippen LogP contribution is -2.23. The fraction of sp³-hybridized carbons (Fsp3) is 0.353. The summed E-state index contributed by atoms with van der Waals surface area (Å²) in [4.78, 5) is 3.82. The van der Waals surface area contributed by atoms with Crippen LogP contribution in [-0.4, -0.2) is 14.4 Å². The van der Waals surface area contributed by atoms with Crippen LogP contribution in [0.25, 0.3) is 0 Å². The summed E-state index contributed by atoms with van der Waals surface area (Å²) in [6, 6.07) is 5.78. The largest absolute Gasteiger partial charge is 0.418 e. The highest BCUT2D eigenvalue weighted by Gasteiger charge is 2.37. The van der Waals surface area contributed by atoms with Gasteiger partial charge in [-0.2, -0.15) is 26.3 Å². The Labute approximate surface area is 154 Å². The van der Waals surface area contributed by atoms with Crippen molar-refractivity contribution in [2.45, 2.75) is 36.9 Å². The third kappa shape index (κ3) is 5.29. The van der Waals surface area contributed by atoms with Crippen molar-refractivity contribution in [2.24, 2.45) is 5.14 Å². The van der Waals surface area contributed by atoms with E-state index in [9.17, 15) is 30.6 Å². The molecule has 0 bridgehead atoms. The first kappa shape index (κ1) is 21.4. The van der Waals surface area contributed by atoms with Gasteiger partial charge in [0, 0.05) is 17.4 Å². The lowest BCUT2D eigenvalue weighted by atomic mass is 9.87. The topological polar surface area (TPSA) is 56.0 Å². The van der Waals surface area contributed by atoms with E-state index in [4.69, 9.17) is 5.14 Å². The number of benzene rings is 1. The van der Waals surface area contributed by atoms with Crippen molar-refractivity contribution in [1.29, 1.82) is 0 Å². The molecule has 2 unspecified atom stereocenters. The van der Waals surface area contributed by atoms with Gasteiger partial charge >= 0.3 is 12.4 Å². The highest BCUT2D eigenvalue weighted by Crippen LogP contribution is 2.39. The van der Waals surface area contributed by atoms with Crippen molar-refractivity contribution in [1.82, 2.24) is 4.98 Å². The Morgan fingerprint density at radius 2 is 1.63 bits per heavy atom. The maximum Gasteiger partial charge on any atom is 0.418 e. The predicted octanol–water partition coefficient (Wildman–Crippen LogP) is 4.65. The van der Waals surface area contributed by atoms with Crippen molar-refractivity contribution < 1.29 is 30.6 Å². The number of aromatic nitrogens is 1. The highest BCUT2D eigenvalue weighted by atomic mass is 32.2. The third-order valence-electron chi connectivity index (χ3n) is 4.08. The molecule has 0 aliphatic carbocycles. The zero-order valence-corrected chi connectivity index (χ0v) is 14.8. The Kier molecular flexibility index (Phi) is 6.31. The number of alkyl halides is 6. The van der Waals surface area contributed by atoms with Crippen molar-refractivity contribution in [3.8, 4) is 0 Å². The molecule has 0 spiro atoms. The van der Waals surface area contributed by atoms with Crippen LogP contribution in [0, 0.1) is 0 Å². The van der Waals surface area contributed by atoms with Crippen LogP contribution in [0.4, 0.5) is 26.3 Å². The number of halogens is 6. The smallest absolute Gasteiger partial charge is 0.260 e. The van der Waals surface area contributed by atoms with Crippen molar-refractivity contribution in [2.75, 3.05) is 0 Å². The molecule has 2 aromatic rings. The first-order valence-electron chi connectivity index (χ1n) is 7.75. The lowest BCUT2D eigenvalue weighted by molar-refractivity contribution is -0.139. The van der Waals surface area contributed by atoms with E-state index < -0.39 is 45.6 Å². The quantitative estimate of drug-likeness (QED) is 0.730. The number of pyridine rings is 1. The van der Waals surface area contributed by atoms with E-state index in [1.54, 1.807) is 0 Å². The Morgan fingerprint density at radius 1 is 1.04 bits per heavy atom. The van der Waals surface area contributed by atoms with Crippen LogP contribution in [0.15, 0.2) is 42.6 Å². The second-order valence-electron chi connectivity index (χ2n) is 5.98. The fourth-order valence-electron chi connectivity index (χ4n) is 2.67. The fourth-order valence-corrected chi connectivity index (χ4v) is 3.05. The van der Waals surface area contributed by atoms with E-state index in [1.807, 2.05) is 0 Å². The molecular weight excluding hydrogens is 394 g/mol. The summed E-state index contributed by atoms with van der Waals surface area (Å²) in [5, 5.41) is 4.63. The number of nitrogens with two attached hydrogens (primary N) is 1. The Morgan fingerprint density at radius 3 is 2.11 bits per heavy atom. The van der Waals surface area contributed by atoms with Crippen LogP contribution in [0.3, 0.4) is 0 Å². The van der Waals surface area contributed by atoms with Gasteiger partial charge in [0.1, 0.15) is 0 Å². The molecule has 0 fully saturated rings. The standard InChI is InChI=1S/C17H16F6N2OS/c1-10(27(24)26)9-13(11-4-6-12(7-5-11)16(18,19)20)15-14(17(21,22)23)3-2-8-25-15/h2-8,10,13H,9,24H2,1H3/t10?,13-,27?/m0/s1. The molecule has 0 aliphatic heterocycles. The van der Waals surface area contributed by atoms with E-state index in [2.05, 4.69) is 4.98 Å². The van der Waals surface area contributed by atoms with Crippen molar-refractivity contribution in [3.05, 3.63) is 65.0 Å². The Hall–Kier alpha value is -1.94. The number of nitrogens with zero attached hydrogens (tertiary/aromatic N) is 1. The van der Waals surface area contributed by atoms with Crippen LogP contribution in [0.5, 0.6) is 0 Å². The minimum Gasteiger partial charge on any atom is -0.260 e. The molecule has 27 heavy (non-hydrogen) atoms. The van der Waals surface area contributed by atoms with Crippen LogP contribution in [-0.2, 0) is 23.3 Å². The van der Waals surface area contributed by atoms with E-state index in [0.717, 1.165) is 36.4 Å². The summed E-state index contributed by atoms with van der Waals surface area (Å²) in [5.74, 6) is -1.02. The van der Waals surface area contributed by atoms with Crippen molar-refractivity contribution >= 4 is 11.0 Å². The average molecular weight is 410 g/mol. The maximum absolute atomic E-state index is 13.4. The van der Waals surface area contributed by atoms with E-state index in [1.165, 1.54) is 13.1 Å². The van der Waals surface area contributed by atoms with E-state index in [0.29, 0.717) is 0 Å². The zero-order chi connectivity index (χ0) is 20.4. The first-order chi connectivity index (χ1) is 12.4. The molecule has 0 amide bonds. The molecule has 1 aromatic heterocycles. The monoisotopic (exact) mass is 410 g/mol. The summed E-state index contributed by atoms with van der Waals surface area (Å²) in [7, 11) is -1.81. The number of rotatable bonds is 5. The van der Waals surface area contributed by atoms with Crippen LogP contribution in [0.2, 0.25) is 0 Å². The molecule has 0 radical (unpaired) electrons. The second kappa shape index (κ2) is 7.97. The lowest BCUT2D eigenvalue weighted by Gasteiger charge is -2.23. The van der Waals surface area contributed by atoms with Gasteiger partial charge in [-0.25, -0.2) is 4.21 Å². The van der Waals surface area contributed by atoms with Gasteiger partial charge in [-0.3, -0.25) is 10.1 Å². The minimum atomic E-state index is -4.70. The number of hydrogen-bond acceptors (Lipinski definition) is 2. The molecular formula is C17H16F6N2OS. The Bertz CT molecular complexity index is 804. The van der Waals surface area contributed by atoms with Gasteiger partial charge in [-0.05, 0) is 43.2 Å². The first-order valence-corrected chi connectivity index (χ1v) is 9.03. The summed E-state index contributed by atoms with van der Waals surface area (Å²) in [6.07, 6.45) is -8.17. The summed E-state index contributed by atoms with van der Waals surface area (Å²) < 4.78 is 89.9. The number of hydrogen-bond donors (Lipinski definition) is 1. The van der Waals surface area contributed by atoms with Crippen LogP contribution >= 0.6 is 0 Å². The molecule has 3 atom stereocenters. The molecule has 1 heterocycles. The second-order valence-corrected chi connectivity index (χ2v) is 7.44.